The Morgan fingerprint density at radius 2 is 2.24 bits per heavy atom. The van der Waals surface area contributed by atoms with Crippen LogP contribution in [0.25, 0.3) is 0 Å². The molecule has 0 fully saturated rings. The van der Waals surface area contributed by atoms with Crippen LogP contribution in [-0.2, 0) is 6.54 Å². The fourth-order valence-corrected chi connectivity index (χ4v) is 2.06. The third kappa shape index (κ3) is 6.97. The van der Waals surface area contributed by atoms with E-state index in [9.17, 15) is 0 Å². The van der Waals surface area contributed by atoms with E-state index in [1.807, 2.05) is 12.1 Å². The number of nitrogens with one attached hydrogen (secondary N) is 2. The van der Waals surface area contributed by atoms with Gasteiger partial charge in [0, 0.05) is 31.9 Å². The minimum absolute atomic E-state index is 0.426. The lowest BCUT2D eigenvalue weighted by molar-refractivity contribution is 0.397. The second kappa shape index (κ2) is 10.0. The van der Waals surface area contributed by atoms with Gasteiger partial charge in [0.25, 0.3) is 0 Å². The molecule has 2 N–H and O–H groups in total. The second-order valence-corrected chi connectivity index (χ2v) is 5.17. The standard InChI is InChI=1S/C16H28N4O/c1-5-6-7-8-13(2)20-16(17-3)19-12-14-9-10-18-15(11-14)21-4/h9-11,13H,5-8,12H2,1-4H3,(H2,17,19,20). The van der Waals surface area contributed by atoms with Crippen LogP contribution >= 0.6 is 0 Å². The van der Waals surface area contributed by atoms with Crippen molar-refractivity contribution in [2.45, 2.75) is 52.1 Å². The Morgan fingerprint density at radius 3 is 2.90 bits per heavy atom. The molecule has 5 nitrogen and oxygen atoms in total. The van der Waals surface area contributed by atoms with Gasteiger partial charge in [-0.2, -0.15) is 0 Å². The van der Waals surface area contributed by atoms with Gasteiger partial charge >= 0.3 is 0 Å². The molecule has 5 heteroatoms. The summed E-state index contributed by atoms with van der Waals surface area (Å²) in [6.07, 6.45) is 6.71. The summed E-state index contributed by atoms with van der Waals surface area (Å²) in [5.74, 6) is 1.46. The Balaban J connectivity index is 2.40. The molecule has 0 saturated carbocycles. The molecule has 1 aromatic rings. The van der Waals surface area contributed by atoms with Crippen LogP contribution in [0.15, 0.2) is 23.3 Å². The number of aliphatic imine (C=N–C) groups is 1. The average Bonchev–Trinajstić information content (AvgIpc) is 2.51. The molecule has 0 aromatic carbocycles. The van der Waals surface area contributed by atoms with Crippen LogP contribution in [0.5, 0.6) is 5.88 Å². The van der Waals surface area contributed by atoms with Crippen molar-refractivity contribution in [3.8, 4) is 5.88 Å². The van der Waals surface area contributed by atoms with Crippen molar-refractivity contribution in [3.05, 3.63) is 23.9 Å². The smallest absolute Gasteiger partial charge is 0.213 e. The zero-order chi connectivity index (χ0) is 15.5. The highest BCUT2D eigenvalue weighted by molar-refractivity contribution is 5.79. The van der Waals surface area contributed by atoms with E-state index in [0.717, 1.165) is 17.9 Å². The van der Waals surface area contributed by atoms with Crippen LogP contribution in [0.2, 0.25) is 0 Å². The topological polar surface area (TPSA) is 58.5 Å². The maximum atomic E-state index is 5.12. The monoisotopic (exact) mass is 292 g/mol. The predicted molar refractivity (Wildman–Crippen MR) is 87.7 cm³/mol. The maximum Gasteiger partial charge on any atom is 0.213 e. The zero-order valence-electron chi connectivity index (χ0n) is 13.6. The van der Waals surface area contributed by atoms with Crippen LogP contribution in [-0.4, -0.2) is 31.1 Å². The lowest BCUT2D eigenvalue weighted by Gasteiger charge is -2.18. The number of ether oxygens (including phenoxy) is 1. The summed E-state index contributed by atoms with van der Waals surface area (Å²) in [7, 11) is 3.42. The van der Waals surface area contributed by atoms with Gasteiger partial charge in [-0.05, 0) is 25.0 Å². The van der Waals surface area contributed by atoms with Crippen LogP contribution in [0.1, 0.15) is 45.1 Å². The third-order valence-electron chi connectivity index (χ3n) is 3.32. The highest BCUT2D eigenvalue weighted by Gasteiger charge is 2.05. The fourth-order valence-electron chi connectivity index (χ4n) is 2.06. The summed E-state index contributed by atoms with van der Waals surface area (Å²) in [6.45, 7) is 5.11. The van der Waals surface area contributed by atoms with Crippen molar-refractivity contribution >= 4 is 5.96 Å². The van der Waals surface area contributed by atoms with Gasteiger partial charge in [-0.15, -0.1) is 0 Å². The molecule has 0 spiro atoms. The molecule has 0 amide bonds. The van der Waals surface area contributed by atoms with Crippen LogP contribution in [0.4, 0.5) is 0 Å². The van der Waals surface area contributed by atoms with Crippen molar-refractivity contribution < 1.29 is 4.74 Å². The molecular weight excluding hydrogens is 264 g/mol. The van der Waals surface area contributed by atoms with Crippen molar-refractivity contribution in [3.63, 3.8) is 0 Å². The first-order valence-electron chi connectivity index (χ1n) is 7.65. The summed E-state index contributed by atoms with van der Waals surface area (Å²) in [4.78, 5) is 8.36. The molecular formula is C16H28N4O. The van der Waals surface area contributed by atoms with Crippen molar-refractivity contribution in [2.24, 2.45) is 4.99 Å². The van der Waals surface area contributed by atoms with E-state index in [-0.39, 0.29) is 0 Å². The largest absolute Gasteiger partial charge is 0.481 e. The minimum atomic E-state index is 0.426. The number of pyridine rings is 1. The van der Waals surface area contributed by atoms with Gasteiger partial charge in [0.05, 0.1) is 7.11 Å². The number of guanidine groups is 1. The van der Waals surface area contributed by atoms with Crippen molar-refractivity contribution in [1.82, 2.24) is 15.6 Å². The molecule has 0 bridgehead atoms. The Morgan fingerprint density at radius 1 is 1.43 bits per heavy atom. The number of hydrogen-bond acceptors (Lipinski definition) is 3. The van der Waals surface area contributed by atoms with Gasteiger partial charge in [-0.25, -0.2) is 4.98 Å². The van der Waals surface area contributed by atoms with E-state index in [1.54, 1.807) is 20.4 Å². The van der Waals surface area contributed by atoms with Gasteiger partial charge in [-0.1, -0.05) is 26.2 Å². The van der Waals surface area contributed by atoms with E-state index >= 15 is 0 Å². The number of nitrogens with zero attached hydrogens (tertiary/aromatic N) is 2. The summed E-state index contributed by atoms with van der Waals surface area (Å²) < 4.78 is 5.12. The Bertz CT molecular complexity index is 434. The SMILES string of the molecule is CCCCCC(C)NC(=NC)NCc1ccnc(OC)c1. The van der Waals surface area contributed by atoms with Crippen molar-refractivity contribution in [1.29, 1.82) is 0 Å². The highest BCUT2D eigenvalue weighted by Crippen LogP contribution is 2.08. The van der Waals surface area contributed by atoms with Crippen LogP contribution < -0.4 is 15.4 Å². The molecule has 0 aliphatic carbocycles. The predicted octanol–water partition coefficient (Wildman–Crippen LogP) is 2.72. The van der Waals surface area contributed by atoms with E-state index in [1.165, 1.54) is 19.3 Å². The van der Waals surface area contributed by atoms with E-state index < -0.39 is 0 Å². The summed E-state index contributed by atoms with van der Waals surface area (Å²) in [6, 6.07) is 4.31. The molecule has 1 atom stereocenters. The van der Waals surface area contributed by atoms with Crippen LogP contribution in [0.3, 0.4) is 0 Å². The Kier molecular flexibility index (Phi) is 8.24. The Hall–Kier alpha value is -1.78. The zero-order valence-corrected chi connectivity index (χ0v) is 13.6. The molecule has 21 heavy (non-hydrogen) atoms. The molecule has 0 aliphatic heterocycles. The minimum Gasteiger partial charge on any atom is -0.481 e. The summed E-state index contributed by atoms with van der Waals surface area (Å²) in [5.41, 5.74) is 1.11. The fraction of sp³-hybridized carbons (Fsp3) is 0.625. The van der Waals surface area contributed by atoms with Gasteiger partial charge in [0.15, 0.2) is 5.96 Å². The van der Waals surface area contributed by atoms with E-state index in [0.29, 0.717) is 18.5 Å². The van der Waals surface area contributed by atoms with E-state index in [4.69, 9.17) is 4.74 Å². The highest BCUT2D eigenvalue weighted by atomic mass is 16.5. The lowest BCUT2D eigenvalue weighted by atomic mass is 10.1. The quantitative estimate of drug-likeness (QED) is 0.439. The summed E-state index contributed by atoms with van der Waals surface area (Å²) >= 11 is 0. The van der Waals surface area contributed by atoms with E-state index in [2.05, 4.69) is 34.5 Å². The maximum absolute atomic E-state index is 5.12. The molecule has 1 rings (SSSR count). The normalized spacial score (nSPS) is 12.9. The molecule has 1 unspecified atom stereocenters. The first kappa shape index (κ1) is 17.3. The van der Waals surface area contributed by atoms with Gasteiger partial charge in [0.2, 0.25) is 5.88 Å². The first-order valence-corrected chi connectivity index (χ1v) is 7.65. The van der Waals surface area contributed by atoms with Gasteiger partial charge in [-0.3, -0.25) is 4.99 Å². The number of hydrogen-bond donors (Lipinski definition) is 2. The molecule has 118 valence electrons. The molecule has 1 aromatic heterocycles. The third-order valence-corrected chi connectivity index (χ3v) is 3.32. The summed E-state index contributed by atoms with van der Waals surface area (Å²) in [5, 5.41) is 6.73. The molecule has 1 heterocycles. The number of aromatic nitrogens is 1. The number of unbranched alkanes of at least 4 members (excludes halogenated alkanes) is 2. The average molecular weight is 292 g/mol. The second-order valence-electron chi connectivity index (χ2n) is 5.17. The van der Waals surface area contributed by atoms with Crippen LogP contribution in [0, 0.1) is 0 Å². The van der Waals surface area contributed by atoms with Gasteiger partial charge in [0.1, 0.15) is 0 Å². The molecule has 0 radical (unpaired) electrons. The number of methoxy groups -OCH3 is 1. The number of rotatable bonds is 8. The molecule has 0 saturated heterocycles. The van der Waals surface area contributed by atoms with Crippen molar-refractivity contribution in [2.75, 3.05) is 14.2 Å². The lowest BCUT2D eigenvalue weighted by Crippen LogP contribution is -2.41. The Labute approximate surface area is 128 Å². The molecule has 0 aliphatic rings. The van der Waals surface area contributed by atoms with Gasteiger partial charge < -0.3 is 15.4 Å². The first-order chi connectivity index (χ1) is 10.2.